The molecule has 1 atom stereocenters. The van der Waals surface area contributed by atoms with Crippen LogP contribution < -0.4 is 0 Å². The van der Waals surface area contributed by atoms with E-state index >= 15 is 0 Å². The normalized spacial score (nSPS) is 14.2. The van der Waals surface area contributed by atoms with Crippen molar-refractivity contribution in [3.63, 3.8) is 0 Å². The highest BCUT2D eigenvalue weighted by molar-refractivity contribution is 7.32. The Bertz CT molecular complexity index is 92.6. The van der Waals surface area contributed by atoms with Gasteiger partial charge in [0, 0.05) is 0 Å². The second-order valence-corrected chi connectivity index (χ2v) is 2.56. The summed E-state index contributed by atoms with van der Waals surface area (Å²) in [6.45, 7) is 3.53. The number of hydrogen-bond donors (Lipinski definition) is 1. The first kappa shape index (κ1) is 9.11. The Morgan fingerprint density at radius 2 is 2.22 bits per heavy atom. The third-order valence-corrected chi connectivity index (χ3v) is 0.949. The van der Waals surface area contributed by atoms with Crippen molar-refractivity contribution in [2.45, 2.75) is 20.0 Å². The maximum absolute atomic E-state index is 9.86. The molecule has 0 rings (SSSR count). The lowest BCUT2D eigenvalue weighted by atomic mass is 10.5. The van der Waals surface area contributed by atoms with Crippen LogP contribution in [0.3, 0.4) is 0 Å². The van der Waals surface area contributed by atoms with E-state index < -0.39 is 8.25 Å². The first-order valence-corrected chi connectivity index (χ1v) is 3.86. The van der Waals surface area contributed by atoms with Crippen LogP contribution in [0.25, 0.3) is 0 Å². The Balaban J connectivity index is 3.01. The summed E-state index contributed by atoms with van der Waals surface area (Å²) in [4.78, 5) is 8.11. The average Bonchev–Trinajstić information content (AvgIpc) is 1.63. The van der Waals surface area contributed by atoms with Gasteiger partial charge in [0.1, 0.15) is 0 Å². The quantitative estimate of drug-likeness (QED) is 0.480. The topological polar surface area (TPSA) is 55.8 Å². The Hall–Kier alpha value is 0.110. The van der Waals surface area contributed by atoms with Gasteiger partial charge in [-0.3, -0.25) is 9.09 Å². The Kier molecular flexibility index (Phi) is 5.00. The molecule has 0 saturated heterocycles. The summed E-state index contributed by atoms with van der Waals surface area (Å²) in [7, 11) is -2.81. The van der Waals surface area contributed by atoms with Crippen LogP contribution >= 0.6 is 8.25 Å². The van der Waals surface area contributed by atoms with Gasteiger partial charge in [0.2, 0.25) is 0 Å². The van der Waals surface area contributed by atoms with Crippen molar-refractivity contribution in [1.29, 1.82) is 0 Å². The van der Waals surface area contributed by atoms with Crippen molar-refractivity contribution in [2.24, 2.45) is 0 Å². The van der Waals surface area contributed by atoms with Gasteiger partial charge < -0.3 is 9.63 Å². The molecule has 5 heteroatoms. The highest BCUT2D eigenvalue weighted by Gasteiger charge is 1.93. The van der Waals surface area contributed by atoms with Crippen molar-refractivity contribution in [2.75, 3.05) is 6.79 Å². The van der Waals surface area contributed by atoms with E-state index in [0.717, 1.165) is 0 Å². The molecule has 0 bridgehead atoms. The first-order valence-electron chi connectivity index (χ1n) is 2.60. The molecule has 0 aromatic carbocycles. The monoisotopic (exact) mass is 154 g/mol. The molecular weight excluding hydrogens is 143 g/mol. The fourth-order valence-corrected chi connectivity index (χ4v) is 0.389. The maximum atomic E-state index is 9.86. The molecule has 0 aromatic heterocycles. The van der Waals surface area contributed by atoms with E-state index in [9.17, 15) is 4.57 Å². The van der Waals surface area contributed by atoms with Gasteiger partial charge in [-0.2, -0.15) is 0 Å². The van der Waals surface area contributed by atoms with E-state index in [1.165, 1.54) is 0 Å². The maximum Gasteiger partial charge on any atom is 0.318 e. The lowest BCUT2D eigenvalue weighted by Gasteiger charge is -2.04. The van der Waals surface area contributed by atoms with E-state index in [0.29, 0.717) is 0 Å². The van der Waals surface area contributed by atoms with E-state index in [1.54, 1.807) is 0 Å². The number of rotatable bonds is 4. The first-order chi connectivity index (χ1) is 4.13. The summed E-state index contributed by atoms with van der Waals surface area (Å²) < 4.78 is 18.9. The zero-order chi connectivity index (χ0) is 7.28. The Labute approximate surface area is 54.7 Å². The molecule has 0 saturated carbocycles. The van der Waals surface area contributed by atoms with Crippen molar-refractivity contribution < 1.29 is 18.7 Å². The van der Waals surface area contributed by atoms with Crippen LogP contribution in [-0.4, -0.2) is 17.8 Å². The predicted octanol–water partition coefficient (Wildman–Crippen LogP) is 0.767. The SMILES string of the molecule is CC(C)OCO[PH](=O)O. The highest BCUT2D eigenvalue weighted by Crippen LogP contribution is 2.13. The van der Waals surface area contributed by atoms with Crippen LogP contribution in [0.15, 0.2) is 0 Å². The van der Waals surface area contributed by atoms with E-state index in [-0.39, 0.29) is 12.9 Å². The zero-order valence-corrected chi connectivity index (χ0v) is 6.46. The molecule has 0 spiro atoms. The molecule has 0 aliphatic carbocycles. The zero-order valence-electron chi connectivity index (χ0n) is 5.46. The molecule has 0 aliphatic rings. The minimum absolute atomic E-state index is 0.0337. The molecule has 56 valence electrons. The lowest BCUT2D eigenvalue weighted by Crippen LogP contribution is -2.03. The molecular formula is C4H11O4P. The number of hydrogen-bond acceptors (Lipinski definition) is 3. The molecule has 0 heterocycles. The van der Waals surface area contributed by atoms with Crippen LogP contribution in [0.2, 0.25) is 0 Å². The Morgan fingerprint density at radius 3 is 2.56 bits per heavy atom. The largest absolute Gasteiger partial charge is 0.352 e. The summed E-state index contributed by atoms with van der Waals surface area (Å²) in [6.07, 6.45) is 0.0337. The molecule has 1 unspecified atom stereocenters. The summed E-state index contributed by atoms with van der Waals surface area (Å²) in [5.74, 6) is 0. The van der Waals surface area contributed by atoms with Crippen LogP contribution in [0, 0.1) is 0 Å². The molecule has 0 aromatic rings. The van der Waals surface area contributed by atoms with Gasteiger partial charge in [-0.05, 0) is 13.8 Å². The molecule has 4 nitrogen and oxygen atoms in total. The van der Waals surface area contributed by atoms with Gasteiger partial charge in [0.15, 0.2) is 6.79 Å². The summed E-state index contributed by atoms with van der Waals surface area (Å²) in [5, 5.41) is 0. The van der Waals surface area contributed by atoms with Crippen LogP contribution in [0.1, 0.15) is 13.8 Å². The standard InChI is InChI=1S/C4H11O4P/c1-4(2)7-3-8-9(5)6/h4,9H,3H2,1-2H3,(H,5,6). The molecule has 0 amide bonds. The Morgan fingerprint density at radius 1 is 1.67 bits per heavy atom. The van der Waals surface area contributed by atoms with Crippen molar-refractivity contribution in [3.05, 3.63) is 0 Å². The third-order valence-electron chi connectivity index (χ3n) is 0.584. The van der Waals surface area contributed by atoms with E-state index in [4.69, 9.17) is 9.63 Å². The van der Waals surface area contributed by atoms with Gasteiger partial charge in [-0.25, -0.2) is 0 Å². The van der Waals surface area contributed by atoms with Gasteiger partial charge in [-0.1, -0.05) is 0 Å². The van der Waals surface area contributed by atoms with Gasteiger partial charge in [0.05, 0.1) is 6.10 Å². The lowest BCUT2D eigenvalue weighted by molar-refractivity contribution is -0.0208. The smallest absolute Gasteiger partial charge is 0.318 e. The minimum atomic E-state index is -2.81. The minimum Gasteiger partial charge on any atom is -0.352 e. The molecule has 0 aliphatic heterocycles. The fraction of sp³-hybridized carbons (Fsp3) is 1.00. The molecule has 1 N–H and O–H groups in total. The van der Waals surface area contributed by atoms with Gasteiger partial charge in [0.25, 0.3) is 0 Å². The van der Waals surface area contributed by atoms with Crippen molar-refractivity contribution >= 4 is 8.25 Å². The van der Waals surface area contributed by atoms with Crippen LogP contribution in [-0.2, 0) is 13.8 Å². The third kappa shape index (κ3) is 8.11. The summed E-state index contributed by atoms with van der Waals surface area (Å²) in [6, 6.07) is 0. The average molecular weight is 154 g/mol. The molecule has 0 radical (unpaired) electrons. The highest BCUT2D eigenvalue weighted by atomic mass is 31.1. The van der Waals surface area contributed by atoms with E-state index in [1.807, 2.05) is 13.8 Å². The fourth-order valence-electron chi connectivity index (χ4n) is 0.221. The van der Waals surface area contributed by atoms with Crippen LogP contribution in [0.5, 0.6) is 0 Å². The van der Waals surface area contributed by atoms with Crippen LogP contribution in [0.4, 0.5) is 0 Å². The second kappa shape index (κ2) is 4.94. The summed E-state index contributed by atoms with van der Waals surface area (Å²) >= 11 is 0. The molecule has 9 heavy (non-hydrogen) atoms. The molecule has 0 fully saturated rings. The van der Waals surface area contributed by atoms with Crippen molar-refractivity contribution in [1.82, 2.24) is 0 Å². The number of ether oxygens (including phenoxy) is 1. The van der Waals surface area contributed by atoms with Gasteiger partial charge in [-0.15, -0.1) is 0 Å². The van der Waals surface area contributed by atoms with Crippen molar-refractivity contribution in [3.8, 4) is 0 Å². The second-order valence-electron chi connectivity index (χ2n) is 1.74. The summed E-state index contributed by atoms with van der Waals surface area (Å²) in [5.41, 5.74) is 0. The van der Waals surface area contributed by atoms with E-state index in [2.05, 4.69) is 4.52 Å². The van der Waals surface area contributed by atoms with Gasteiger partial charge >= 0.3 is 8.25 Å². The predicted molar refractivity (Wildman–Crippen MR) is 33.4 cm³/mol.